The highest BCUT2D eigenvalue weighted by Gasteiger charge is 2.26. The second kappa shape index (κ2) is 6.04. The minimum atomic E-state index is -1.44. The minimum absolute atomic E-state index is 0.380. The van der Waals surface area contributed by atoms with Crippen molar-refractivity contribution in [2.75, 3.05) is 20.6 Å². The van der Waals surface area contributed by atoms with E-state index in [1.165, 1.54) is 14.1 Å². The van der Waals surface area contributed by atoms with Crippen LogP contribution >= 0.6 is 0 Å². The lowest BCUT2D eigenvalue weighted by Crippen LogP contribution is -2.37. The lowest BCUT2D eigenvalue weighted by Gasteiger charge is -2.16. The van der Waals surface area contributed by atoms with Crippen molar-refractivity contribution in [3.05, 3.63) is 39.4 Å². The van der Waals surface area contributed by atoms with E-state index in [9.17, 15) is 28.5 Å². The Morgan fingerprint density at radius 1 is 1.40 bits per heavy atom. The van der Waals surface area contributed by atoms with E-state index < -0.39 is 39.6 Å². The van der Waals surface area contributed by atoms with Crippen LogP contribution in [0.15, 0.2) is 12.1 Å². The molecule has 0 saturated heterocycles. The number of rotatable bonds is 4. The Morgan fingerprint density at radius 3 is 2.50 bits per heavy atom. The Balaban J connectivity index is 3.16. The van der Waals surface area contributed by atoms with Gasteiger partial charge in [-0.2, -0.15) is 4.39 Å². The molecule has 1 aromatic carbocycles. The molecule has 0 atom stereocenters. The number of hydrogen-bond donors (Lipinski definition) is 1. The van der Waals surface area contributed by atoms with Crippen LogP contribution in [-0.4, -0.2) is 42.3 Å². The molecule has 7 nitrogen and oxygen atoms in total. The van der Waals surface area contributed by atoms with Crippen LogP contribution in [0, 0.1) is 21.7 Å². The fourth-order valence-electron chi connectivity index (χ4n) is 1.44. The summed E-state index contributed by atoms with van der Waals surface area (Å²) in [6, 6.07) is 0.926. The molecule has 0 heterocycles. The number of hydrogen-bond acceptors (Lipinski definition) is 4. The van der Waals surface area contributed by atoms with Crippen LogP contribution in [-0.2, 0) is 4.79 Å². The second-order valence-corrected chi connectivity index (χ2v) is 3.88. The number of likely N-dealkylation sites (N-methyl/N-ethyl adjacent to an activating group) is 2. The van der Waals surface area contributed by atoms with Gasteiger partial charge in [-0.1, -0.05) is 0 Å². The predicted molar refractivity (Wildman–Crippen MR) is 64.0 cm³/mol. The van der Waals surface area contributed by atoms with Crippen LogP contribution in [0.25, 0.3) is 0 Å². The van der Waals surface area contributed by atoms with Crippen LogP contribution in [0.5, 0.6) is 0 Å². The number of nitrogens with zero attached hydrogens (tertiary/aromatic N) is 2. The number of benzene rings is 1. The number of carbonyl (C=O) groups excluding carboxylic acids is 2. The summed E-state index contributed by atoms with van der Waals surface area (Å²) >= 11 is 0. The van der Waals surface area contributed by atoms with Gasteiger partial charge in [0, 0.05) is 14.1 Å². The normalized spacial score (nSPS) is 10.0. The molecule has 0 aliphatic carbocycles. The first-order valence-corrected chi connectivity index (χ1v) is 5.37. The number of nitro groups is 1. The molecule has 108 valence electrons. The van der Waals surface area contributed by atoms with Gasteiger partial charge >= 0.3 is 5.69 Å². The summed E-state index contributed by atoms with van der Waals surface area (Å²) in [6.07, 6.45) is 0. The number of nitro benzene ring substituents is 1. The molecule has 9 heteroatoms. The molecule has 1 aromatic rings. The predicted octanol–water partition coefficient (Wildman–Crippen LogP) is 0.691. The summed E-state index contributed by atoms with van der Waals surface area (Å²) < 4.78 is 27.0. The van der Waals surface area contributed by atoms with E-state index in [0.717, 1.165) is 4.90 Å². The summed E-state index contributed by atoms with van der Waals surface area (Å²) in [7, 11) is 2.53. The van der Waals surface area contributed by atoms with E-state index in [-0.39, 0.29) is 6.54 Å². The van der Waals surface area contributed by atoms with Crippen molar-refractivity contribution < 1.29 is 23.3 Å². The van der Waals surface area contributed by atoms with E-state index in [0.29, 0.717) is 12.1 Å². The first-order valence-electron chi connectivity index (χ1n) is 5.37. The zero-order valence-corrected chi connectivity index (χ0v) is 10.6. The van der Waals surface area contributed by atoms with E-state index in [1.807, 2.05) is 0 Å². The number of carbonyl (C=O) groups is 2. The van der Waals surface area contributed by atoms with Crippen molar-refractivity contribution in [2.24, 2.45) is 0 Å². The summed E-state index contributed by atoms with van der Waals surface area (Å²) in [5.74, 6) is -4.11. The highest BCUT2D eigenvalue weighted by atomic mass is 19.1. The zero-order chi connectivity index (χ0) is 15.4. The molecule has 0 spiro atoms. The smallest absolute Gasteiger partial charge is 0.308 e. The standard InChI is InChI=1S/C11H11F2N3O4/c1-14-9(17)5-15(2)11(18)7-3-6(12)4-8(10(7)13)16(19)20/h3-4H,5H2,1-2H3,(H,14,17). The molecule has 0 saturated carbocycles. The van der Waals surface area contributed by atoms with E-state index in [1.54, 1.807) is 0 Å². The lowest BCUT2D eigenvalue weighted by atomic mass is 10.1. The fraction of sp³-hybridized carbons (Fsp3) is 0.273. The average Bonchev–Trinajstić information content (AvgIpc) is 2.39. The SMILES string of the molecule is CNC(=O)CN(C)C(=O)c1cc(F)cc([N+](=O)[O-])c1F. The van der Waals surface area contributed by atoms with Crippen molar-refractivity contribution in [3.8, 4) is 0 Å². The van der Waals surface area contributed by atoms with Gasteiger partial charge in [0.2, 0.25) is 11.7 Å². The molecule has 1 N–H and O–H groups in total. The topological polar surface area (TPSA) is 92.6 Å². The van der Waals surface area contributed by atoms with Crippen molar-refractivity contribution in [2.45, 2.75) is 0 Å². The van der Waals surface area contributed by atoms with Crippen molar-refractivity contribution in [3.63, 3.8) is 0 Å². The average molecular weight is 287 g/mol. The van der Waals surface area contributed by atoms with Crippen LogP contribution in [0.4, 0.5) is 14.5 Å². The molecular weight excluding hydrogens is 276 g/mol. The van der Waals surface area contributed by atoms with Gasteiger partial charge in [0.25, 0.3) is 5.91 Å². The van der Waals surface area contributed by atoms with Gasteiger partial charge in [0.1, 0.15) is 5.82 Å². The molecule has 2 amide bonds. The molecule has 0 aliphatic heterocycles. The monoisotopic (exact) mass is 287 g/mol. The minimum Gasteiger partial charge on any atom is -0.358 e. The maximum Gasteiger partial charge on any atom is 0.308 e. The van der Waals surface area contributed by atoms with Gasteiger partial charge in [-0.3, -0.25) is 19.7 Å². The Morgan fingerprint density at radius 2 is 2.00 bits per heavy atom. The third kappa shape index (κ3) is 3.25. The molecule has 0 radical (unpaired) electrons. The van der Waals surface area contributed by atoms with Crippen LogP contribution < -0.4 is 5.32 Å². The molecule has 20 heavy (non-hydrogen) atoms. The molecule has 0 fully saturated rings. The third-order valence-electron chi connectivity index (χ3n) is 2.45. The molecule has 1 rings (SSSR count). The molecule has 0 bridgehead atoms. The number of amides is 2. The first kappa shape index (κ1) is 15.5. The van der Waals surface area contributed by atoms with Crippen LogP contribution in [0.1, 0.15) is 10.4 Å². The highest BCUT2D eigenvalue weighted by Crippen LogP contribution is 2.23. The lowest BCUT2D eigenvalue weighted by molar-refractivity contribution is -0.387. The molecule has 0 unspecified atom stereocenters. The number of halogens is 2. The summed E-state index contributed by atoms with van der Waals surface area (Å²) in [4.78, 5) is 33.2. The molecule has 0 aromatic heterocycles. The quantitative estimate of drug-likeness (QED) is 0.651. The highest BCUT2D eigenvalue weighted by molar-refractivity contribution is 5.97. The van der Waals surface area contributed by atoms with Crippen LogP contribution in [0.2, 0.25) is 0 Å². The largest absolute Gasteiger partial charge is 0.358 e. The van der Waals surface area contributed by atoms with Crippen molar-refractivity contribution in [1.82, 2.24) is 10.2 Å². The van der Waals surface area contributed by atoms with Gasteiger partial charge in [-0.15, -0.1) is 0 Å². The molecule has 0 aliphatic rings. The first-order chi connectivity index (χ1) is 9.27. The van der Waals surface area contributed by atoms with E-state index in [4.69, 9.17) is 0 Å². The van der Waals surface area contributed by atoms with Gasteiger partial charge in [0.15, 0.2) is 0 Å². The van der Waals surface area contributed by atoms with Gasteiger partial charge in [-0.25, -0.2) is 4.39 Å². The van der Waals surface area contributed by atoms with Gasteiger partial charge in [0.05, 0.1) is 23.1 Å². The summed E-state index contributed by atoms with van der Waals surface area (Å²) in [5.41, 5.74) is -1.94. The maximum atomic E-state index is 13.8. The van der Waals surface area contributed by atoms with Gasteiger partial charge in [-0.05, 0) is 6.07 Å². The Hall–Kier alpha value is -2.58. The summed E-state index contributed by atoms with van der Waals surface area (Å²) in [6.45, 7) is -0.390. The van der Waals surface area contributed by atoms with E-state index in [2.05, 4.69) is 5.32 Å². The van der Waals surface area contributed by atoms with Gasteiger partial charge < -0.3 is 10.2 Å². The number of nitrogens with one attached hydrogen (secondary N) is 1. The Bertz CT molecular complexity index is 577. The second-order valence-electron chi connectivity index (χ2n) is 3.88. The van der Waals surface area contributed by atoms with Crippen LogP contribution in [0.3, 0.4) is 0 Å². The fourth-order valence-corrected chi connectivity index (χ4v) is 1.44. The maximum absolute atomic E-state index is 13.8. The Kier molecular flexibility index (Phi) is 4.68. The van der Waals surface area contributed by atoms with Crippen molar-refractivity contribution >= 4 is 17.5 Å². The summed E-state index contributed by atoms with van der Waals surface area (Å²) in [5, 5.41) is 12.8. The third-order valence-corrected chi connectivity index (χ3v) is 2.45. The Labute approximate surface area is 112 Å². The van der Waals surface area contributed by atoms with Crippen molar-refractivity contribution in [1.29, 1.82) is 0 Å². The zero-order valence-electron chi connectivity index (χ0n) is 10.6. The molecular formula is C11H11F2N3O4. The van der Waals surface area contributed by atoms with E-state index >= 15 is 0 Å².